The van der Waals surface area contributed by atoms with E-state index < -0.39 is 0 Å². The zero-order valence-corrected chi connectivity index (χ0v) is 12.5. The number of rotatable bonds is 6. The molecule has 0 saturated carbocycles. The first-order valence-electron chi connectivity index (χ1n) is 7.23. The van der Waals surface area contributed by atoms with E-state index in [4.69, 9.17) is 10.6 Å². The Bertz CT molecular complexity index is 272. The number of nitrogens with two attached hydrogens (primary N) is 1. The van der Waals surface area contributed by atoms with Crippen molar-refractivity contribution in [2.24, 2.45) is 10.8 Å². The predicted octanol–water partition coefficient (Wildman–Crippen LogP) is 0.305. The Morgan fingerprint density at radius 1 is 1.53 bits per heavy atom. The largest absolute Gasteiger partial charge is 0.382 e. The van der Waals surface area contributed by atoms with Crippen LogP contribution in [0.1, 0.15) is 33.1 Å². The van der Waals surface area contributed by atoms with Crippen molar-refractivity contribution in [1.29, 1.82) is 0 Å². The van der Waals surface area contributed by atoms with Gasteiger partial charge in [-0.05, 0) is 40.2 Å². The van der Waals surface area contributed by atoms with Crippen LogP contribution in [0.2, 0.25) is 0 Å². The van der Waals surface area contributed by atoms with Gasteiger partial charge in [0.2, 0.25) is 5.96 Å². The third kappa shape index (κ3) is 6.22. The Morgan fingerprint density at radius 2 is 2.32 bits per heavy atom. The second kappa shape index (κ2) is 9.12. The normalized spacial score (nSPS) is 25.4. The molecule has 0 spiro atoms. The lowest BCUT2D eigenvalue weighted by Crippen LogP contribution is -2.52. The molecule has 0 aromatic rings. The predicted molar refractivity (Wildman–Crippen MR) is 79.0 cm³/mol. The molecule has 1 rings (SSSR count). The topological polar surface area (TPSA) is 74.9 Å². The lowest BCUT2D eigenvalue weighted by molar-refractivity contribution is 0.146. The van der Waals surface area contributed by atoms with Gasteiger partial charge in [0, 0.05) is 38.4 Å². The molecule has 0 aromatic carbocycles. The van der Waals surface area contributed by atoms with E-state index in [0.29, 0.717) is 18.0 Å². The lowest BCUT2D eigenvalue weighted by Gasteiger charge is -2.35. The molecule has 2 atom stereocenters. The van der Waals surface area contributed by atoms with Crippen molar-refractivity contribution < 1.29 is 4.74 Å². The van der Waals surface area contributed by atoms with Crippen LogP contribution in [0.3, 0.4) is 0 Å². The third-order valence-electron chi connectivity index (χ3n) is 3.61. The van der Waals surface area contributed by atoms with Crippen molar-refractivity contribution in [3.63, 3.8) is 0 Å². The molecule has 0 radical (unpaired) electrons. The van der Waals surface area contributed by atoms with E-state index in [1.165, 1.54) is 0 Å². The summed E-state index contributed by atoms with van der Waals surface area (Å²) in [6, 6.07) is 1.05. The maximum Gasteiger partial charge on any atom is 0.205 e. The van der Waals surface area contributed by atoms with E-state index in [0.717, 1.165) is 45.6 Å². The molecule has 6 nitrogen and oxygen atoms in total. The first kappa shape index (κ1) is 16.2. The molecule has 19 heavy (non-hydrogen) atoms. The minimum absolute atomic E-state index is 0.452. The number of guanidine groups is 1. The summed E-state index contributed by atoms with van der Waals surface area (Å²) in [4.78, 5) is 6.81. The molecule has 112 valence electrons. The van der Waals surface area contributed by atoms with Crippen molar-refractivity contribution in [3.8, 4) is 0 Å². The van der Waals surface area contributed by atoms with Gasteiger partial charge < -0.3 is 15.0 Å². The highest BCUT2D eigenvalue weighted by atomic mass is 16.5. The van der Waals surface area contributed by atoms with E-state index in [9.17, 15) is 0 Å². The second-order valence-corrected chi connectivity index (χ2v) is 5.12. The van der Waals surface area contributed by atoms with Gasteiger partial charge in [0.15, 0.2) is 0 Å². The van der Waals surface area contributed by atoms with Gasteiger partial charge in [-0.15, -0.1) is 0 Å². The second-order valence-electron chi connectivity index (χ2n) is 5.12. The fourth-order valence-corrected chi connectivity index (χ4v) is 2.25. The van der Waals surface area contributed by atoms with Crippen LogP contribution in [0.15, 0.2) is 4.99 Å². The van der Waals surface area contributed by atoms with Gasteiger partial charge in [-0.2, -0.15) is 0 Å². The Kier molecular flexibility index (Phi) is 7.78. The van der Waals surface area contributed by atoms with Gasteiger partial charge in [-0.25, -0.2) is 5.84 Å². The molecule has 6 heteroatoms. The lowest BCUT2D eigenvalue weighted by atomic mass is 9.99. The van der Waals surface area contributed by atoms with Crippen LogP contribution >= 0.6 is 0 Å². The molecule has 1 fully saturated rings. The van der Waals surface area contributed by atoms with Crippen LogP contribution in [0, 0.1) is 0 Å². The summed E-state index contributed by atoms with van der Waals surface area (Å²) in [6.45, 7) is 7.61. The summed E-state index contributed by atoms with van der Waals surface area (Å²) in [5, 5.41) is 3.39. The summed E-state index contributed by atoms with van der Waals surface area (Å²) >= 11 is 0. The highest BCUT2D eigenvalue weighted by molar-refractivity contribution is 5.79. The molecule has 2 unspecified atom stereocenters. The zero-order valence-electron chi connectivity index (χ0n) is 12.5. The van der Waals surface area contributed by atoms with Crippen molar-refractivity contribution >= 4 is 5.96 Å². The Labute approximate surface area is 116 Å². The van der Waals surface area contributed by atoms with Crippen LogP contribution < -0.4 is 16.6 Å². The number of aliphatic imine (C=N–C) groups is 1. The number of ether oxygens (including phenoxy) is 1. The molecule has 0 amide bonds. The van der Waals surface area contributed by atoms with Crippen LogP contribution in [0.4, 0.5) is 0 Å². The molecule has 4 N–H and O–H groups in total. The maximum atomic E-state index is 5.51. The standard InChI is InChI=1S/C13H29N5O/c1-4-19-9-5-7-15-13(17-14)16-12-6-8-18(3)11(2)10-12/h11-12H,4-10,14H2,1-3H3,(H2,15,16,17). The quantitative estimate of drug-likeness (QED) is 0.213. The zero-order chi connectivity index (χ0) is 14.1. The summed E-state index contributed by atoms with van der Waals surface area (Å²) in [7, 11) is 2.17. The van der Waals surface area contributed by atoms with Gasteiger partial charge in [-0.3, -0.25) is 10.4 Å². The van der Waals surface area contributed by atoms with Crippen LogP contribution in [-0.2, 0) is 4.74 Å². The smallest absolute Gasteiger partial charge is 0.205 e. The van der Waals surface area contributed by atoms with Crippen molar-refractivity contribution in [2.45, 2.75) is 45.2 Å². The average molecular weight is 271 g/mol. The average Bonchev–Trinajstić information content (AvgIpc) is 2.41. The molecule has 1 aliphatic rings. The van der Waals surface area contributed by atoms with Crippen molar-refractivity contribution in [3.05, 3.63) is 0 Å². The number of hydrazine groups is 1. The highest BCUT2D eigenvalue weighted by Gasteiger charge is 2.23. The molecule has 1 heterocycles. The molecular weight excluding hydrogens is 242 g/mol. The summed E-state index contributed by atoms with van der Waals surface area (Å²) in [5.41, 5.74) is 2.65. The third-order valence-corrected chi connectivity index (χ3v) is 3.61. The number of nitrogens with zero attached hydrogens (tertiary/aromatic N) is 2. The molecule has 0 aliphatic carbocycles. The van der Waals surface area contributed by atoms with Crippen LogP contribution in [-0.4, -0.2) is 56.3 Å². The van der Waals surface area contributed by atoms with Crippen molar-refractivity contribution in [1.82, 2.24) is 15.6 Å². The van der Waals surface area contributed by atoms with E-state index in [-0.39, 0.29) is 0 Å². The molecule has 0 aromatic heterocycles. The minimum Gasteiger partial charge on any atom is -0.382 e. The molecular formula is C13H29N5O. The molecule has 1 aliphatic heterocycles. The monoisotopic (exact) mass is 271 g/mol. The maximum absolute atomic E-state index is 5.51. The van der Waals surface area contributed by atoms with Gasteiger partial charge in [-0.1, -0.05) is 0 Å². The van der Waals surface area contributed by atoms with Crippen molar-refractivity contribution in [2.75, 3.05) is 33.4 Å². The number of hydrogen-bond acceptors (Lipinski definition) is 4. The molecule has 0 bridgehead atoms. The Balaban J connectivity index is 2.29. The van der Waals surface area contributed by atoms with Gasteiger partial charge in [0.05, 0.1) is 0 Å². The van der Waals surface area contributed by atoms with E-state index in [1.807, 2.05) is 6.92 Å². The first-order chi connectivity index (χ1) is 9.17. The summed E-state index contributed by atoms with van der Waals surface area (Å²) in [5.74, 6) is 6.20. The van der Waals surface area contributed by atoms with E-state index >= 15 is 0 Å². The highest BCUT2D eigenvalue weighted by Crippen LogP contribution is 2.14. The number of piperidine rings is 1. The number of likely N-dealkylation sites (tertiary alicyclic amines) is 1. The van der Waals surface area contributed by atoms with Crippen LogP contribution in [0.25, 0.3) is 0 Å². The van der Waals surface area contributed by atoms with E-state index in [2.05, 4.69) is 34.6 Å². The van der Waals surface area contributed by atoms with E-state index in [1.54, 1.807) is 0 Å². The van der Waals surface area contributed by atoms with Gasteiger partial charge >= 0.3 is 0 Å². The first-order valence-corrected chi connectivity index (χ1v) is 7.23. The molecule has 1 saturated heterocycles. The SMILES string of the molecule is CCOCCCN=C(NN)NC1CCN(C)C(C)C1. The fraction of sp³-hybridized carbons (Fsp3) is 0.923. The summed E-state index contributed by atoms with van der Waals surface area (Å²) < 4.78 is 5.28. The number of hydrogen-bond donors (Lipinski definition) is 3. The van der Waals surface area contributed by atoms with Gasteiger partial charge in [0.25, 0.3) is 0 Å². The van der Waals surface area contributed by atoms with Crippen LogP contribution in [0.5, 0.6) is 0 Å². The van der Waals surface area contributed by atoms with Gasteiger partial charge in [0.1, 0.15) is 0 Å². The minimum atomic E-state index is 0.452. The summed E-state index contributed by atoms with van der Waals surface area (Å²) in [6.07, 6.45) is 3.17. The Morgan fingerprint density at radius 3 is 2.95 bits per heavy atom. The number of nitrogens with one attached hydrogen (secondary N) is 2. The fourth-order valence-electron chi connectivity index (χ4n) is 2.25. The Hall–Kier alpha value is -0.850.